The van der Waals surface area contributed by atoms with Gasteiger partial charge in [-0.05, 0) is 36.4 Å². The maximum Gasteiger partial charge on any atom is 0.502 e. The van der Waals surface area contributed by atoms with Gasteiger partial charge in [0.25, 0.3) is 9.84 Å². The maximum atomic E-state index is 13.2. The zero-order valence-corrected chi connectivity index (χ0v) is 12.5. The highest BCUT2D eigenvalue weighted by Crippen LogP contribution is 2.37. The van der Waals surface area contributed by atoms with Crippen LogP contribution in [0.25, 0.3) is 0 Å². The molecule has 5 nitrogen and oxygen atoms in total. The summed E-state index contributed by atoms with van der Waals surface area (Å²) in [7, 11) is -5.83. The Morgan fingerprint density at radius 1 is 1.08 bits per heavy atom. The maximum absolute atomic E-state index is 13.2. The SMILES string of the molecule is NC(=O)c1cccc(Oc2ccc(F)cc2S(=O)(=O)C(F)(F)F)c1. The van der Waals surface area contributed by atoms with Crippen molar-refractivity contribution in [3.8, 4) is 11.5 Å². The highest BCUT2D eigenvalue weighted by atomic mass is 32.2. The van der Waals surface area contributed by atoms with Crippen LogP contribution in [0.2, 0.25) is 0 Å². The molecule has 0 aromatic heterocycles. The molecule has 0 bridgehead atoms. The van der Waals surface area contributed by atoms with Crippen molar-refractivity contribution in [2.24, 2.45) is 5.73 Å². The number of halogens is 4. The lowest BCUT2D eigenvalue weighted by Gasteiger charge is -2.14. The Morgan fingerprint density at radius 3 is 2.33 bits per heavy atom. The number of rotatable bonds is 4. The van der Waals surface area contributed by atoms with E-state index in [4.69, 9.17) is 10.5 Å². The number of hydrogen-bond donors (Lipinski definition) is 1. The lowest BCUT2D eigenvalue weighted by Crippen LogP contribution is -2.23. The average molecular weight is 363 g/mol. The molecule has 24 heavy (non-hydrogen) atoms. The summed E-state index contributed by atoms with van der Waals surface area (Å²) >= 11 is 0. The van der Waals surface area contributed by atoms with E-state index in [2.05, 4.69) is 0 Å². The molecule has 0 saturated carbocycles. The van der Waals surface area contributed by atoms with Crippen molar-refractivity contribution in [1.29, 1.82) is 0 Å². The number of carbonyl (C=O) groups is 1. The molecule has 0 radical (unpaired) electrons. The summed E-state index contributed by atoms with van der Waals surface area (Å²) in [5.41, 5.74) is -0.572. The topological polar surface area (TPSA) is 86.5 Å². The predicted octanol–water partition coefficient (Wildman–Crippen LogP) is 3.01. The van der Waals surface area contributed by atoms with Crippen LogP contribution in [0.5, 0.6) is 11.5 Å². The second-order valence-electron chi connectivity index (χ2n) is 4.53. The van der Waals surface area contributed by atoms with Crippen molar-refractivity contribution in [3.63, 3.8) is 0 Å². The van der Waals surface area contributed by atoms with Gasteiger partial charge in [-0.15, -0.1) is 0 Å². The summed E-state index contributed by atoms with van der Waals surface area (Å²) in [6.45, 7) is 0. The number of ether oxygens (including phenoxy) is 1. The fourth-order valence-electron chi connectivity index (χ4n) is 1.74. The molecule has 0 aliphatic heterocycles. The Bertz CT molecular complexity index is 894. The standard InChI is InChI=1S/C14H9F4NO4S/c15-9-4-5-11(12(7-9)24(21,22)14(16,17)18)23-10-3-1-2-8(6-10)13(19)20/h1-7H,(H2,19,20). The first kappa shape index (κ1) is 17.7. The first-order valence-electron chi connectivity index (χ1n) is 6.21. The smallest absolute Gasteiger partial charge is 0.456 e. The van der Waals surface area contributed by atoms with Crippen LogP contribution in [-0.2, 0) is 9.84 Å². The number of primary amides is 1. The third kappa shape index (κ3) is 3.48. The Labute approximate surface area is 133 Å². The van der Waals surface area contributed by atoms with E-state index in [1.54, 1.807) is 0 Å². The van der Waals surface area contributed by atoms with Gasteiger partial charge in [0.15, 0.2) is 0 Å². The average Bonchev–Trinajstić information content (AvgIpc) is 2.48. The minimum atomic E-state index is -5.83. The van der Waals surface area contributed by atoms with Crippen LogP contribution in [0, 0.1) is 5.82 Å². The molecule has 2 aromatic carbocycles. The van der Waals surface area contributed by atoms with Crippen LogP contribution < -0.4 is 10.5 Å². The number of nitrogens with two attached hydrogens (primary N) is 1. The molecule has 1 amide bonds. The monoisotopic (exact) mass is 363 g/mol. The number of hydrogen-bond acceptors (Lipinski definition) is 4. The highest BCUT2D eigenvalue weighted by Gasteiger charge is 2.48. The third-order valence-corrected chi connectivity index (χ3v) is 4.35. The summed E-state index contributed by atoms with van der Waals surface area (Å²) in [5.74, 6) is -2.88. The number of sulfone groups is 1. The first-order valence-corrected chi connectivity index (χ1v) is 7.69. The largest absolute Gasteiger partial charge is 0.502 e. The lowest BCUT2D eigenvalue weighted by molar-refractivity contribution is -0.0437. The molecule has 0 spiro atoms. The van der Waals surface area contributed by atoms with Crippen LogP contribution in [-0.4, -0.2) is 19.8 Å². The number of amides is 1. The van der Waals surface area contributed by atoms with Crippen LogP contribution in [0.15, 0.2) is 47.4 Å². The van der Waals surface area contributed by atoms with E-state index in [0.29, 0.717) is 0 Å². The van der Waals surface area contributed by atoms with Crippen LogP contribution in [0.3, 0.4) is 0 Å². The van der Waals surface area contributed by atoms with E-state index in [9.17, 15) is 30.8 Å². The van der Waals surface area contributed by atoms with Crippen molar-refractivity contribution in [2.75, 3.05) is 0 Å². The van der Waals surface area contributed by atoms with E-state index < -0.39 is 37.7 Å². The molecule has 2 N–H and O–H groups in total. The van der Waals surface area contributed by atoms with Crippen LogP contribution in [0.4, 0.5) is 17.6 Å². The van der Waals surface area contributed by atoms with Crippen molar-refractivity contribution >= 4 is 15.7 Å². The molecule has 0 saturated heterocycles. The van der Waals surface area contributed by atoms with Gasteiger partial charge in [0.05, 0.1) is 0 Å². The molecule has 0 aliphatic carbocycles. The number of carbonyl (C=O) groups excluding carboxylic acids is 1. The van der Waals surface area contributed by atoms with Gasteiger partial charge < -0.3 is 10.5 Å². The second kappa shape index (κ2) is 6.11. The highest BCUT2D eigenvalue weighted by molar-refractivity contribution is 7.92. The van der Waals surface area contributed by atoms with E-state index in [1.807, 2.05) is 0 Å². The van der Waals surface area contributed by atoms with Gasteiger partial charge >= 0.3 is 5.51 Å². The van der Waals surface area contributed by atoms with Crippen molar-refractivity contribution in [1.82, 2.24) is 0 Å². The normalized spacial score (nSPS) is 12.0. The zero-order valence-electron chi connectivity index (χ0n) is 11.7. The van der Waals surface area contributed by atoms with E-state index in [1.165, 1.54) is 18.2 Å². The van der Waals surface area contributed by atoms with Gasteiger partial charge in [-0.25, -0.2) is 12.8 Å². The molecule has 0 aliphatic rings. The Kier molecular flexibility index (Phi) is 4.52. The summed E-state index contributed by atoms with van der Waals surface area (Å²) < 4.78 is 79.5. The molecule has 2 rings (SSSR count). The van der Waals surface area contributed by atoms with E-state index >= 15 is 0 Å². The summed E-state index contributed by atoms with van der Waals surface area (Å²) in [6.07, 6.45) is 0. The summed E-state index contributed by atoms with van der Waals surface area (Å²) in [4.78, 5) is 9.70. The Balaban J connectivity index is 2.53. The van der Waals surface area contributed by atoms with E-state index in [0.717, 1.165) is 18.2 Å². The van der Waals surface area contributed by atoms with Gasteiger partial charge in [0.2, 0.25) is 5.91 Å². The predicted molar refractivity (Wildman–Crippen MR) is 74.7 cm³/mol. The first-order chi connectivity index (χ1) is 11.0. The molecule has 0 atom stereocenters. The molecule has 10 heteroatoms. The third-order valence-electron chi connectivity index (χ3n) is 2.85. The Hall–Kier alpha value is -2.62. The number of benzene rings is 2. The minimum Gasteiger partial charge on any atom is -0.456 e. The molecule has 0 unspecified atom stereocenters. The molecular weight excluding hydrogens is 354 g/mol. The van der Waals surface area contributed by atoms with Crippen molar-refractivity contribution in [2.45, 2.75) is 10.4 Å². The molecule has 2 aromatic rings. The van der Waals surface area contributed by atoms with Gasteiger partial charge in [0.1, 0.15) is 22.2 Å². The van der Waals surface area contributed by atoms with Gasteiger partial charge in [-0.2, -0.15) is 13.2 Å². The van der Waals surface area contributed by atoms with Crippen molar-refractivity contribution in [3.05, 3.63) is 53.8 Å². The minimum absolute atomic E-state index is 0.00478. The number of alkyl halides is 3. The molecular formula is C14H9F4NO4S. The quantitative estimate of drug-likeness (QED) is 0.846. The Morgan fingerprint density at radius 2 is 1.75 bits per heavy atom. The van der Waals surface area contributed by atoms with Crippen LogP contribution >= 0.6 is 0 Å². The van der Waals surface area contributed by atoms with Crippen LogP contribution in [0.1, 0.15) is 10.4 Å². The van der Waals surface area contributed by atoms with Gasteiger partial charge in [-0.1, -0.05) is 6.07 Å². The summed E-state index contributed by atoms with van der Waals surface area (Å²) in [6, 6.07) is 6.71. The second-order valence-corrected chi connectivity index (χ2v) is 6.44. The lowest BCUT2D eigenvalue weighted by atomic mass is 10.2. The fourth-order valence-corrected chi connectivity index (χ4v) is 2.63. The molecule has 128 valence electrons. The van der Waals surface area contributed by atoms with E-state index in [-0.39, 0.29) is 17.4 Å². The fraction of sp³-hybridized carbons (Fsp3) is 0.0714. The van der Waals surface area contributed by atoms with Gasteiger partial charge in [0, 0.05) is 5.56 Å². The summed E-state index contributed by atoms with van der Waals surface area (Å²) in [5, 5.41) is 0. The van der Waals surface area contributed by atoms with Crippen molar-refractivity contribution < 1.29 is 35.5 Å². The van der Waals surface area contributed by atoms with Gasteiger partial charge in [-0.3, -0.25) is 4.79 Å². The zero-order chi connectivity index (χ0) is 18.1. The molecule has 0 heterocycles. The molecule has 0 fully saturated rings.